The summed E-state index contributed by atoms with van der Waals surface area (Å²) in [7, 11) is 0. The van der Waals surface area contributed by atoms with E-state index >= 15 is 0 Å². The van der Waals surface area contributed by atoms with Gasteiger partial charge in [0.15, 0.2) is 10.2 Å². The molecular formula is C32H24F2N4O2S2. The molecule has 0 aliphatic rings. The van der Waals surface area contributed by atoms with Crippen molar-refractivity contribution in [1.82, 2.24) is 10.6 Å². The molecule has 210 valence electrons. The van der Waals surface area contributed by atoms with E-state index in [0.29, 0.717) is 22.5 Å². The Balaban J connectivity index is 1.24. The Labute approximate surface area is 252 Å². The van der Waals surface area contributed by atoms with E-state index in [9.17, 15) is 18.4 Å². The summed E-state index contributed by atoms with van der Waals surface area (Å²) in [5.74, 6) is -1.52. The second-order valence-electron chi connectivity index (χ2n) is 8.81. The average molecular weight is 599 g/mol. The molecule has 42 heavy (non-hydrogen) atoms. The Hall–Kier alpha value is -5.06. The maximum absolute atomic E-state index is 13.0. The molecule has 4 rings (SSSR count). The third-order valence-electron chi connectivity index (χ3n) is 5.69. The van der Waals surface area contributed by atoms with E-state index in [1.807, 2.05) is 48.5 Å². The number of thiocarbonyl (C=S) groups is 2. The van der Waals surface area contributed by atoms with Crippen LogP contribution in [0.2, 0.25) is 0 Å². The van der Waals surface area contributed by atoms with Crippen LogP contribution in [0.3, 0.4) is 0 Å². The molecule has 0 fully saturated rings. The van der Waals surface area contributed by atoms with Crippen LogP contribution in [0.4, 0.5) is 20.2 Å². The number of carbonyl (C=O) groups is 2. The fourth-order valence-corrected chi connectivity index (χ4v) is 4.05. The number of hydrogen-bond donors (Lipinski definition) is 4. The van der Waals surface area contributed by atoms with E-state index in [1.54, 1.807) is 36.4 Å². The first-order valence-corrected chi connectivity index (χ1v) is 13.4. The highest BCUT2D eigenvalue weighted by molar-refractivity contribution is 7.80. The second kappa shape index (κ2) is 14.5. The molecule has 10 heteroatoms. The largest absolute Gasteiger partial charge is 0.332 e. The van der Waals surface area contributed by atoms with Crippen molar-refractivity contribution in [2.24, 2.45) is 0 Å². The van der Waals surface area contributed by atoms with Crippen molar-refractivity contribution < 1.29 is 18.4 Å². The van der Waals surface area contributed by atoms with E-state index in [0.717, 1.165) is 11.1 Å². The van der Waals surface area contributed by atoms with Crippen LogP contribution < -0.4 is 21.3 Å². The van der Waals surface area contributed by atoms with Crippen molar-refractivity contribution in [3.63, 3.8) is 0 Å². The lowest BCUT2D eigenvalue weighted by molar-refractivity contribution is -0.115. The van der Waals surface area contributed by atoms with Crippen LogP contribution in [-0.2, 0) is 9.59 Å². The summed E-state index contributed by atoms with van der Waals surface area (Å²) < 4.78 is 26.0. The molecule has 0 aliphatic heterocycles. The summed E-state index contributed by atoms with van der Waals surface area (Å²) >= 11 is 10.4. The van der Waals surface area contributed by atoms with Crippen molar-refractivity contribution >= 4 is 70.0 Å². The molecule has 0 unspecified atom stereocenters. The molecule has 4 aromatic carbocycles. The van der Waals surface area contributed by atoms with Crippen LogP contribution in [0.5, 0.6) is 0 Å². The Morgan fingerprint density at radius 1 is 0.524 bits per heavy atom. The van der Waals surface area contributed by atoms with Crippen molar-refractivity contribution in [3.05, 3.63) is 132 Å². The van der Waals surface area contributed by atoms with Crippen LogP contribution in [0.15, 0.2) is 109 Å². The van der Waals surface area contributed by atoms with Crippen LogP contribution in [-0.4, -0.2) is 22.0 Å². The van der Waals surface area contributed by atoms with Gasteiger partial charge in [0, 0.05) is 23.5 Å². The molecule has 4 aromatic rings. The summed E-state index contributed by atoms with van der Waals surface area (Å²) in [6, 6.07) is 26.5. The normalized spacial score (nSPS) is 10.8. The first-order chi connectivity index (χ1) is 20.2. The summed E-state index contributed by atoms with van der Waals surface area (Å²) in [4.78, 5) is 24.2. The lowest BCUT2D eigenvalue weighted by Crippen LogP contribution is -2.32. The van der Waals surface area contributed by atoms with Crippen molar-refractivity contribution in [3.8, 4) is 11.1 Å². The number of nitrogens with one attached hydrogen (secondary N) is 4. The summed E-state index contributed by atoms with van der Waals surface area (Å²) in [6.07, 6.45) is 5.76. The monoisotopic (exact) mass is 598 g/mol. The molecule has 0 saturated heterocycles. The van der Waals surface area contributed by atoms with Crippen LogP contribution in [0, 0.1) is 11.6 Å². The van der Waals surface area contributed by atoms with Gasteiger partial charge in [-0.05, 0) is 107 Å². The van der Waals surface area contributed by atoms with Gasteiger partial charge in [-0.15, -0.1) is 0 Å². The van der Waals surface area contributed by atoms with Crippen LogP contribution in [0.1, 0.15) is 11.1 Å². The van der Waals surface area contributed by atoms with Gasteiger partial charge >= 0.3 is 0 Å². The molecule has 0 bridgehead atoms. The topological polar surface area (TPSA) is 82.3 Å². The standard InChI is InChI=1S/C32H24F2N4O2S2/c33-25-11-1-21(2-12-25)5-19-29(39)37-31(41)35-27-15-7-23(8-16-27)24-9-17-28(18-10-24)36-32(42)38-30(40)20-6-22-3-13-26(34)14-4-22/h1-20H,(H2,35,37,39,41)(H2,36,38,40,42). The molecule has 6 nitrogen and oxygen atoms in total. The maximum atomic E-state index is 13.0. The number of carbonyl (C=O) groups excluding carboxylic acids is 2. The second-order valence-corrected chi connectivity index (χ2v) is 9.63. The predicted octanol–water partition coefficient (Wildman–Crippen LogP) is 6.68. The van der Waals surface area contributed by atoms with Crippen molar-refractivity contribution in [2.45, 2.75) is 0 Å². The number of hydrogen-bond acceptors (Lipinski definition) is 4. The molecule has 0 heterocycles. The average Bonchev–Trinajstić information content (AvgIpc) is 2.97. The molecule has 4 N–H and O–H groups in total. The Morgan fingerprint density at radius 3 is 1.19 bits per heavy atom. The first-order valence-electron chi connectivity index (χ1n) is 12.6. The van der Waals surface area contributed by atoms with E-state index in [2.05, 4.69) is 21.3 Å². The molecule has 0 aliphatic carbocycles. The van der Waals surface area contributed by atoms with Gasteiger partial charge < -0.3 is 10.6 Å². The minimum Gasteiger partial charge on any atom is -0.332 e. The maximum Gasteiger partial charge on any atom is 0.250 e. The first kappa shape index (κ1) is 29.9. The number of anilines is 2. The fourth-order valence-electron chi connectivity index (χ4n) is 3.62. The van der Waals surface area contributed by atoms with E-state index in [-0.39, 0.29) is 21.9 Å². The zero-order valence-electron chi connectivity index (χ0n) is 21.9. The van der Waals surface area contributed by atoms with Gasteiger partial charge in [0.05, 0.1) is 0 Å². The van der Waals surface area contributed by atoms with E-state index in [1.165, 1.54) is 36.4 Å². The minimum absolute atomic E-state index is 0.140. The van der Waals surface area contributed by atoms with Gasteiger partial charge in [0.1, 0.15) is 11.6 Å². The summed E-state index contributed by atoms with van der Waals surface area (Å²) in [5, 5.41) is 11.3. The summed E-state index contributed by atoms with van der Waals surface area (Å²) in [6.45, 7) is 0. The van der Waals surface area contributed by atoms with Gasteiger partial charge in [-0.2, -0.15) is 0 Å². The van der Waals surface area contributed by atoms with Crippen LogP contribution >= 0.6 is 24.4 Å². The number of halogens is 2. The minimum atomic E-state index is -0.414. The lowest BCUT2D eigenvalue weighted by atomic mass is 10.1. The molecule has 0 atom stereocenters. The molecule has 0 radical (unpaired) electrons. The number of benzene rings is 4. The summed E-state index contributed by atoms with van der Waals surface area (Å²) in [5.41, 5.74) is 4.66. The van der Waals surface area contributed by atoms with Crippen molar-refractivity contribution in [2.75, 3.05) is 10.6 Å². The Morgan fingerprint density at radius 2 is 0.857 bits per heavy atom. The van der Waals surface area contributed by atoms with Gasteiger partial charge in [-0.3, -0.25) is 20.2 Å². The predicted molar refractivity (Wildman–Crippen MR) is 171 cm³/mol. The van der Waals surface area contributed by atoms with Crippen LogP contribution in [0.25, 0.3) is 23.3 Å². The highest BCUT2D eigenvalue weighted by Gasteiger charge is 2.05. The zero-order valence-corrected chi connectivity index (χ0v) is 23.6. The highest BCUT2D eigenvalue weighted by atomic mass is 32.1. The van der Waals surface area contributed by atoms with E-state index < -0.39 is 11.8 Å². The Kier molecular flexibility index (Phi) is 10.4. The number of rotatable bonds is 7. The molecule has 0 aromatic heterocycles. The van der Waals surface area contributed by atoms with Gasteiger partial charge in [0.2, 0.25) is 11.8 Å². The Bertz CT molecular complexity index is 1510. The molecular weight excluding hydrogens is 575 g/mol. The third-order valence-corrected chi connectivity index (χ3v) is 6.09. The molecule has 0 spiro atoms. The lowest BCUT2D eigenvalue weighted by Gasteiger charge is -2.11. The molecule has 0 saturated carbocycles. The van der Waals surface area contributed by atoms with Gasteiger partial charge in [-0.1, -0.05) is 48.5 Å². The van der Waals surface area contributed by atoms with Gasteiger partial charge in [-0.25, -0.2) is 8.78 Å². The van der Waals surface area contributed by atoms with E-state index in [4.69, 9.17) is 24.4 Å². The SMILES string of the molecule is O=C(C=Cc1ccc(F)cc1)NC(=S)Nc1ccc(-c2ccc(NC(=S)NC(=O)C=Cc3ccc(F)cc3)cc2)cc1. The van der Waals surface area contributed by atoms with Crippen molar-refractivity contribution in [1.29, 1.82) is 0 Å². The quantitative estimate of drug-likeness (QED) is 0.140. The zero-order chi connectivity index (χ0) is 29.9. The molecule has 2 amide bonds. The van der Waals surface area contributed by atoms with Gasteiger partial charge in [0.25, 0.3) is 0 Å². The number of amides is 2. The highest BCUT2D eigenvalue weighted by Crippen LogP contribution is 2.23. The smallest absolute Gasteiger partial charge is 0.250 e. The fraction of sp³-hybridized carbons (Fsp3) is 0. The third kappa shape index (κ3) is 9.54.